The molecule has 1 heterocycles. The molecule has 16 heavy (non-hydrogen) atoms. The quantitative estimate of drug-likeness (QED) is 0.680. The fraction of sp³-hybridized carbons (Fsp3) is 0.769. The summed E-state index contributed by atoms with van der Waals surface area (Å²) in [6, 6.07) is 0. The van der Waals surface area contributed by atoms with Crippen molar-refractivity contribution in [2.75, 3.05) is 20.1 Å². The third-order valence-electron chi connectivity index (χ3n) is 4.00. The van der Waals surface area contributed by atoms with Crippen molar-refractivity contribution in [1.29, 1.82) is 0 Å². The second-order valence-electron chi connectivity index (χ2n) is 5.22. The Labute approximate surface area is 98.6 Å². The highest BCUT2D eigenvalue weighted by Crippen LogP contribution is 2.43. The van der Waals surface area contributed by atoms with Crippen LogP contribution >= 0.6 is 0 Å². The molecule has 1 aliphatic heterocycles. The Morgan fingerprint density at radius 1 is 1.19 bits per heavy atom. The lowest BCUT2D eigenvalue weighted by atomic mass is 9.79. The van der Waals surface area contributed by atoms with Gasteiger partial charge in [-0.15, -0.1) is 0 Å². The van der Waals surface area contributed by atoms with E-state index in [1.807, 2.05) is 18.7 Å². The molecule has 3 heteroatoms. The molecule has 90 valence electrons. The second-order valence-corrected chi connectivity index (χ2v) is 5.22. The molecular formula is C13H23N3. The van der Waals surface area contributed by atoms with Crippen molar-refractivity contribution in [3.63, 3.8) is 0 Å². The predicted molar refractivity (Wildman–Crippen MR) is 68.4 cm³/mol. The van der Waals surface area contributed by atoms with Gasteiger partial charge in [-0.3, -0.25) is 0 Å². The van der Waals surface area contributed by atoms with E-state index in [-0.39, 0.29) is 0 Å². The van der Waals surface area contributed by atoms with Crippen LogP contribution in [0.25, 0.3) is 0 Å². The molecule has 0 atom stereocenters. The topological polar surface area (TPSA) is 27.6 Å². The highest BCUT2D eigenvalue weighted by atomic mass is 15.1. The Morgan fingerprint density at radius 2 is 2.00 bits per heavy atom. The molecule has 2 rings (SSSR count). The number of nitrogens with zero attached hydrogens (tertiary/aromatic N) is 2. The minimum Gasteiger partial charge on any atom is -0.390 e. The van der Waals surface area contributed by atoms with Gasteiger partial charge in [0.25, 0.3) is 0 Å². The van der Waals surface area contributed by atoms with Crippen molar-refractivity contribution in [2.45, 2.75) is 38.5 Å². The Hall–Kier alpha value is -0.990. The molecule has 0 aromatic heterocycles. The first kappa shape index (κ1) is 11.5. The third-order valence-corrected chi connectivity index (χ3v) is 4.00. The minimum atomic E-state index is 0.604. The van der Waals surface area contributed by atoms with E-state index < -0.39 is 0 Å². The molecule has 1 saturated carbocycles. The van der Waals surface area contributed by atoms with Gasteiger partial charge in [0, 0.05) is 32.5 Å². The van der Waals surface area contributed by atoms with E-state index in [4.69, 9.17) is 0 Å². The van der Waals surface area contributed by atoms with Crippen LogP contribution in [0.2, 0.25) is 0 Å². The van der Waals surface area contributed by atoms with Crippen LogP contribution in [-0.2, 0) is 0 Å². The first-order valence-electron chi connectivity index (χ1n) is 6.43. The Kier molecular flexibility index (Phi) is 3.86. The molecule has 3 nitrogen and oxygen atoms in total. The maximum Gasteiger partial charge on any atom is 0.0902 e. The minimum absolute atomic E-state index is 0.604. The zero-order chi connectivity index (χ0) is 11.3. The maximum atomic E-state index is 4.23. The molecule has 0 bridgehead atoms. The van der Waals surface area contributed by atoms with E-state index in [2.05, 4.69) is 22.3 Å². The summed E-state index contributed by atoms with van der Waals surface area (Å²) in [5, 5.41) is 3.34. The summed E-state index contributed by atoms with van der Waals surface area (Å²) in [4.78, 5) is 6.43. The predicted octanol–water partition coefficient (Wildman–Crippen LogP) is 2.36. The standard InChI is InChI=1S/C13H23N3/c1-16-11-7-13(4-2-3-5-13)6-8-14-9-10-15-12-16/h9-10,12,14H,2-8,11H2,1H3/b10-9+,15-12?. The van der Waals surface area contributed by atoms with Gasteiger partial charge in [0.2, 0.25) is 0 Å². The van der Waals surface area contributed by atoms with Gasteiger partial charge in [-0.05, 0) is 31.1 Å². The lowest BCUT2D eigenvalue weighted by molar-refractivity contribution is 0.230. The van der Waals surface area contributed by atoms with Gasteiger partial charge in [0.15, 0.2) is 0 Å². The Morgan fingerprint density at radius 3 is 2.81 bits per heavy atom. The third kappa shape index (κ3) is 3.00. The number of hydrogen-bond acceptors (Lipinski definition) is 3. The van der Waals surface area contributed by atoms with Crippen LogP contribution in [0.5, 0.6) is 0 Å². The van der Waals surface area contributed by atoms with Gasteiger partial charge in [-0.1, -0.05) is 12.8 Å². The number of rotatable bonds is 0. The highest BCUT2D eigenvalue weighted by Gasteiger charge is 2.32. The normalized spacial score (nSPS) is 27.4. The van der Waals surface area contributed by atoms with Crippen molar-refractivity contribution in [3.8, 4) is 0 Å². The molecule has 0 unspecified atom stereocenters. The Balaban J connectivity index is 1.99. The highest BCUT2D eigenvalue weighted by molar-refractivity contribution is 5.55. The molecule has 0 radical (unpaired) electrons. The SMILES string of the molecule is CN1C=N/C=C/NCCC2(CCCC2)CC1. The Bertz CT molecular complexity index is 264. The van der Waals surface area contributed by atoms with Crippen LogP contribution in [0.3, 0.4) is 0 Å². The summed E-state index contributed by atoms with van der Waals surface area (Å²) >= 11 is 0. The van der Waals surface area contributed by atoms with E-state index in [1.165, 1.54) is 38.5 Å². The molecular weight excluding hydrogens is 198 g/mol. The molecule has 1 N–H and O–H groups in total. The summed E-state index contributed by atoms with van der Waals surface area (Å²) in [7, 11) is 2.12. The van der Waals surface area contributed by atoms with E-state index in [0.29, 0.717) is 5.41 Å². The molecule has 1 aliphatic carbocycles. The molecule has 1 fully saturated rings. The molecule has 0 saturated heterocycles. The first-order chi connectivity index (χ1) is 7.81. The monoisotopic (exact) mass is 221 g/mol. The van der Waals surface area contributed by atoms with Gasteiger partial charge in [0.05, 0.1) is 6.34 Å². The largest absolute Gasteiger partial charge is 0.390 e. The van der Waals surface area contributed by atoms with Crippen LogP contribution < -0.4 is 5.32 Å². The van der Waals surface area contributed by atoms with Gasteiger partial charge >= 0.3 is 0 Å². The van der Waals surface area contributed by atoms with Crippen molar-refractivity contribution < 1.29 is 0 Å². The van der Waals surface area contributed by atoms with Crippen molar-refractivity contribution in [1.82, 2.24) is 10.2 Å². The van der Waals surface area contributed by atoms with E-state index in [9.17, 15) is 0 Å². The molecule has 0 aromatic rings. The van der Waals surface area contributed by atoms with Crippen molar-refractivity contribution >= 4 is 6.34 Å². The number of nitrogens with one attached hydrogen (secondary N) is 1. The van der Waals surface area contributed by atoms with Gasteiger partial charge in [0.1, 0.15) is 0 Å². The molecule has 0 aromatic carbocycles. The van der Waals surface area contributed by atoms with Crippen LogP contribution in [-0.4, -0.2) is 31.4 Å². The lowest BCUT2D eigenvalue weighted by Crippen LogP contribution is -2.28. The first-order valence-corrected chi connectivity index (χ1v) is 6.43. The summed E-state index contributed by atoms with van der Waals surface area (Å²) in [5.74, 6) is 0. The fourth-order valence-electron chi connectivity index (χ4n) is 2.89. The summed E-state index contributed by atoms with van der Waals surface area (Å²) in [5.41, 5.74) is 0.604. The molecule has 0 amide bonds. The maximum absolute atomic E-state index is 4.23. The van der Waals surface area contributed by atoms with Crippen LogP contribution in [0, 0.1) is 5.41 Å². The molecule has 1 spiro atoms. The summed E-state index contributed by atoms with van der Waals surface area (Å²) in [6.07, 6.45) is 14.0. The average molecular weight is 221 g/mol. The zero-order valence-electron chi connectivity index (χ0n) is 10.3. The van der Waals surface area contributed by atoms with Gasteiger partial charge in [-0.25, -0.2) is 4.99 Å². The smallest absolute Gasteiger partial charge is 0.0902 e. The van der Waals surface area contributed by atoms with Crippen LogP contribution in [0.15, 0.2) is 17.4 Å². The van der Waals surface area contributed by atoms with E-state index in [0.717, 1.165) is 13.1 Å². The van der Waals surface area contributed by atoms with Gasteiger partial charge < -0.3 is 10.2 Å². The molecule has 2 aliphatic rings. The zero-order valence-corrected chi connectivity index (χ0v) is 10.3. The summed E-state index contributed by atoms with van der Waals surface area (Å²) in [6.45, 7) is 2.23. The second kappa shape index (κ2) is 5.37. The average Bonchev–Trinajstić information content (AvgIpc) is 2.72. The van der Waals surface area contributed by atoms with E-state index >= 15 is 0 Å². The fourth-order valence-corrected chi connectivity index (χ4v) is 2.89. The number of hydrogen-bond donors (Lipinski definition) is 1. The van der Waals surface area contributed by atoms with Crippen molar-refractivity contribution in [2.24, 2.45) is 10.4 Å². The summed E-state index contributed by atoms with van der Waals surface area (Å²) < 4.78 is 0. The van der Waals surface area contributed by atoms with Crippen molar-refractivity contribution in [3.05, 3.63) is 12.4 Å². The van der Waals surface area contributed by atoms with Crippen LogP contribution in [0.1, 0.15) is 38.5 Å². The van der Waals surface area contributed by atoms with E-state index in [1.54, 1.807) is 0 Å². The number of aliphatic imine (C=N–C) groups is 1. The van der Waals surface area contributed by atoms with Crippen LogP contribution in [0.4, 0.5) is 0 Å². The van der Waals surface area contributed by atoms with Gasteiger partial charge in [-0.2, -0.15) is 0 Å². The lowest BCUT2D eigenvalue weighted by Gasteiger charge is -2.30.